The number of nitrogens with two attached hydrogens (primary N) is 1. The Morgan fingerprint density at radius 3 is 2.62 bits per heavy atom. The number of ether oxygens (including phenoxy) is 1. The number of hydrogen-bond acceptors (Lipinski definition) is 4. The molecular weight excluding hydrogens is 168 g/mol. The molecule has 3 N–H and O–H groups in total. The summed E-state index contributed by atoms with van der Waals surface area (Å²) in [4.78, 5) is 2.16. The topological polar surface area (TPSA) is 58.7 Å². The summed E-state index contributed by atoms with van der Waals surface area (Å²) in [6.07, 6.45) is 0.923. The maximum Gasteiger partial charge on any atom is 0.0593 e. The van der Waals surface area contributed by atoms with Crippen LogP contribution in [0.25, 0.3) is 0 Å². The first kappa shape index (κ1) is 12.8. The van der Waals surface area contributed by atoms with E-state index in [2.05, 4.69) is 11.8 Å². The van der Waals surface area contributed by atoms with Crippen LogP contribution < -0.4 is 5.73 Å². The van der Waals surface area contributed by atoms with Crippen molar-refractivity contribution in [2.75, 3.05) is 46.0 Å². The summed E-state index contributed by atoms with van der Waals surface area (Å²) in [5, 5.41) is 8.71. The first-order valence-corrected chi connectivity index (χ1v) is 4.96. The highest BCUT2D eigenvalue weighted by Crippen LogP contribution is 1.88. The third-order valence-corrected chi connectivity index (χ3v) is 1.91. The second kappa shape index (κ2) is 9.92. The fourth-order valence-electron chi connectivity index (χ4n) is 1.05. The molecule has 0 spiro atoms. The normalized spacial score (nSPS) is 11.1. The maximum atomic E-state index is 8.71. The lowest BCUT2D eigenvalue weighted by Crippen LogP contribution is -2.30. The summed E-state index contributed by atoms with van der Waals surface area (Å²) < 4.78 is 5.35. The average Bonchev–Trinajstić information content (AvgIpc) is 2.16. The SMILES string of the molecule is CCN(CCO)CCOCCCN. The van der Waals surface area contributed by atoms with Crippen molar-refractivity contribution in [2.45, 2.75) is 13.3 Å². The highest BCUT2D eigenvalue weighted by molar-refractivity contribution is 4.52. The molecule has 13 heavy (non-hydrogen) atoms. The minimum absolute atomic E-state index is 0.219. The summed E-state index contributed by atoms with van der Waals surface area (Å²) in [6.45, 7) is 7.04. The standard InChI is InChI=1S/C9H22N2O2/c1-2-11(5-7-12)6-9-13-8-3-4-10/h12H,2-10H2,1H3. The van der Waals surface area contributed by atoms with E-state index in [4.69, 9.17) is 15.6 Å². The Kier molecular flexibility index (Phi) is 9.80. The van der Waals surface area contributed by atoms with Crippen LogP contribution in [0.3, 0.4) is 0 Å². The summed E-state index contributed by atoms with van der Waals surface area (Å²) in [7, 11) is 0. The van der Waals surface area contributed by atoms with Crippen LogP contribution in [0.2, 0.25) is 0 Å². The van der Waals surface area contributed by atoms with Crippen molar-refractivity contribution in [3.8, 4) is 0 Å². The molecule has 0 aromatic heterocycles. The number of hydrogen-bond donors (Lipinski definition) is 2. The van der Waals surface area contributed by atoms with Crippen molar-refractivity contribution in [1.29, 1.82) is 0 Å². The minimum Gasteiger partial charge on any atom is -0.395 e. The Morgan fingerprint density at radius 2 is 2.08 bits per heavy atom. The second-order valence-electron chi connectivity index (χ2n) is 2.91. The van der Waals surface area contributed by atoms with Gasteiger partial charge in [-0.3, -0.25) is 4.90 Å². The molecule has 0 saturated carbocycles. The Morgan fingerprint density at radius 1 is 1.31 bits per heavy atom. The highest BCUT2D eigenvalue weighted by Gasteiger charge is 1.99. The Hall–Kier alpha value is -0.160. The number of likely N-dealkylation sites (N-methyl/N-ethyl adjacent to an activating group) is 1. The van der Waals surface area contributed by atoms with Crippen molar-refractivity contribution in [2.24, 2.45) is 5.73 Å². The predicted octanol–water partition coefficient (Wildman–Crippen LogP) is -0.334. The van der Waals surface area contributed by atoms with Crippen LogP contribution in [0.5, 0.6) is 0 Å². The van der Waals surface area contributed by atoms with Gasteiger partial charge in [0, 0.05) is 19.7 Å². The van der Waals surface area contributed by atoms with E-state index < -0.39 is 0 Å². The van der Waals surface area contributed by atoms with Gasteiger partial charge in [-0.05, 0) is 19.5 Å². The van der Waals surface area contributed by atoms with E-state index in [1.165, 1.54) is 0 Å². The molecular formula is C9H22N2O2. The molecule has 0 aromatic rings. The molecule has 0 aliphatic carbocycles. The van der Waals surface area contributed by atoms with Gasteiger partial charge in [-0.15, -0.1) is 0 Å². The van der Waals surface area contributed by atoms with E-state index in [0.717, 1.165) is 39.3 Å². The minimum atomic E-state index is 0.219. The third kappa shape index (κ3) is 8.18. The maximum absolute atomic E-state index is 8.71. The lowest BCUT2D eigenvalue weighted by atomic mass is 10.4. The van der Waals surface area contributed by atoms with E-state index in [9.17, 15) is 0 Å². The van der Waals surface area contributed by atoms with Gasteiger partial charge in [0.25, 0.3) is 0 Å². The predicted molar refractivity (Wildman–Crippen MR) is 53.7 cm³/mol. The van der Waals surface area contributed by atoms with Crippen LogP contribution in [-0.4, -0.2) is 56.0 Å². The van der Waals surface area contributed by atoms with Crippen molar-refractivity contribution >= 4 is 0 Å². The first-order chi connectivity index (χ1) is 6.35. The average molecular weight is 190 g/mol. The third-order valence-electron chi connectivity index (χ3n) is 1.91. The molecule has 0 rings (SSSR count). The van der Waals surface area contributed by atoms with Gasteiger partial charge in [0.15, 0.2) is 0 Å². The van der Waals surface area contributed by atoms with E-state index in [0.29, 0.717) is 6.54 Å². The van der Waals surface area contributed by atoms with Gasteiger partial charge < -0.3 is 15.6 Å². The molecule has 0 bridgehead atoms. The molecule has 80 valence electrons. The zero-order valence-electron chi connectivity index (χ0n) is 8.54. The summed E-state index contributed by atoms with van der Waals surface area (Å²) >= 11 is 0. The van der Waals surface area contributed by atoms with Crippen LogP contribution >= 0.6 is 0 Å². The highest BCUT2D eigenvalue weighted by atomic mass is 16.5. The molecule has 0 heterocycles. The van der Waals surface area contributed by atoms with Gasteiger partial charge in [-0.2, -0.15) is 0 Å². The molecule has 0 aliphatic heterocycles. The zero-order valence-corrected chi connectivity index (χ0v) is 8.54. The zero-order chi connectivity index (χ0) is 9.94. The molecule has 0 aliphatic rings. The van der Waals surface area contributed by atoms with Crippen molar-refractivity contribution in [1.82, 2.24) is 4.90 Å². The lowest BCUT2D eigenvalue weighted by Gasteiger charge is -2.18. The van der Waals surface area contributed by atoms with Crippen LogP contribution in [-0.2, 0) is 4.74 Å². The van der Waals surface area contributed by atoms with E-state index >= 15 is 0 Å². The van der Waals surface area contributed by atoms with Crippen LogP contribution in [0.1, 0.15) is 13.3 Å². The van der Waals surface area contributed by atoms with Crippen molar-refractivity contribution < 1.29 is 9.84 Å². The van der Waals surface area contributed by atoms with Gasteiger partial charge in [0.05, 0.1) is 13.2 Å². The monoisotopic (exact) mass is 190 g/mol. The Balaban J connectivity index is 3.17. The van der Waals surface area contributed by atoms with Crippen LogP contribution in [0.15, 0.2) is 0 Å². The van der Waals surface area contributed by atoms with Gasteiger partial charge >= 0.3 is 0 Å². The first-order valence-electron chi connectivity index (χ1n) is 4.96. The molecule has 4 heteroatoms. The fourth-order valence-corrected chi connectivity index (χ4v) is 1.05. The lowest BCUT2D eigenvalue weighted by molar-refractivity contribution is 0.0971. The van der Waals surface area contributed by atoms with Crippen molar-refractivity contribution in [3.05, 3.63) is 0 Å². The van der Waals surface area contributed by atoms with E-state index in [1.54, 1.807) is 0 Å². The van der Waals surface area contributed by atoms with E-state index in [-0.39, 0.29) is 6.61 Å². The smallest absolute Gasteiger partial charge is 0.0593 e. The molecule has 0 aromatic carbocycles. The largest absolute Gasteiger partial charge is 0.395 e. The van der Waals surface area contributed by atoms with Gasteiger partial charge in [0.1, 0.15) is 0 Å². The number of rotatable bonds is 9. The van der Waals surface area contributed by atoms with Crippen molar-refractivity contribution in [3.63, 3.8) is 0 Å². The Bertz CT molecular complexity index is 102. The summed E-state index contributed by atoms with van der Waals surface area (Å²) in [6, 6.07) is 0. The number of aliphatic hydroxyl groups is 1. The molecule has 4 nitrogen and oxygen atoms in total. The number of nitrogens with zero attached hydrogens (tertiary/aromatic N) is 1. The molecule has 0 saturated heterocycles. The van der Waals surface area contributed by atoms with Crippen LogP contribution in [0.4, 0.5) is 0 Å². The fraction of sp³-hybridized carbons (Fsp3) is 1.00. The summed E-state index contributed by atoms with van der Waals surface area (Å²) in [5.74, 6) is 0. The number of aliphatic hydroxyl groups excluding tert-OH is 1. The second-order valence-corrected chi connectivity index (χ2v) is 2.91. The van der Waals surface area contributed by atoms with Gasteiger partial charge in [-0.1, -0.05) is 6.92 Å². The van der Waals surface area contributed by atoms with Crippen LogP contribution in [0, 0.1) is 0 Å². The molecule has 0 amide bonds. The quantitative estimate of drug-likeness (QED) is 0.489. The molecule has 0 unspecified atom stereocenters. The molecule has 0 atom stereocenters. The Labute approximate surface area is 80.7 Å². The summed E-state index contributed by atoms with van der Waals surface area (Å²) in [5.41, 5.74) is 5.32. The molecule has 0 radical (unpaired) electrons. The van der Waals surface area contributed by atoms with E-state index in [1.807, 2.05) is 0 Å². The van der Waals surface area contributed by atoms with Gasteiger partial charge in [0.2, 0.25) is 0 Å². The molecule has 0 fully saturated rings. The van der Waals surface area contributed by atoms with Gasteiger partial charge in [-0.25, -0.2) is 0 Å².